The quantitative estimate of drug-likeness (QED) is 0.759. The molecule has 0 saturated carbocycles. The van der Waals surface area contributed by atoms with E-state index in [1.165, 1.54) is 22.7 Å². The highest BCUT2D eigenvalue weighted by atomic mass is 32.1. The van der Waals surface area contributed by atoms with Crippen molar-refractivity contribution in [2.45, 2.75) is 0 Å². The Morgan fingerprint density at radius 1 is 1.05 bits per heavy atom. The number of aromatic nitrogens is 3. The third kappa shape index (κ3) is 1.49. The Balaban J connectivity index is 1.95. The summed E-state index contributed by atoms with van der Waals surface area (Å²) in [5, 5.41) is 15.0. The van der Waals surface area contributed by atoms with Gasteiger partial charge in [-0.1, -0.05) is 0 Å². The summed E-state index contributed by atoms with van der Waals surface area (Å²) in [5.74, 6) is -0.461. The zero-order valence-corrected chi connectivity index (χ0v) is 11.5. The number of carbonyl (C=O) groups excluding carboxylic acids is 1. The predicted octanol–water partition coefficient (Wildman–Crippen LogP) is 2.29. The van der Waals surface area contributed by atoms with Crippen molar-refractivity contribution in [3.05, 3.63) is 39.3 Å². The van der Waals surface area contributed by atoms with Gasteiger partial charge in [0.1, 0.15) is 15.7 Å². The molecule has 8 heteroatoms. The van der Waals surface area contributed by atoms with Gasteiger partial charge in [0.05, 0.1) is 16.8 Å². The Bertz CT molecular complexity index is 831. The van der Waals surface area contributed by atoms with E-state index in [0.29, 0.717) is 32.5 Å². The largest absolute Gasteiger partial charge is 0.494 e. The molecule has 2 N–H and O–H groups in total. The maximum absolute atomic E-state index is 12.1. The smallest absolute Gasteiger partial charge is 0.280 e. The van der Waals surface area contributed by atoms with E-state index in [2.05, 4.69) is 19.9 Å². The molecule has 1 aliphatic heterocycles. The molecule has 4 rings (SSSR count). The van der Waals surface area contributed by atoms with E-state index >= 15 is 0 Å². The van der Waals surface area contributed by atoms with E-state index in [0.717, 1.165) is 0 Å². The highest BCUT2D eigenvalue weighted by Crippen LogP contribution is 2.38. The van der Waals surface area contributed by atoms with Crippen LogP contribution >= 0.6 is 22.7 Å². The normalized spacial score (nSPS) is 13.6. The lowest BCUT2D eigenvalue weighted by Gasteiger charge is -1.94. The van der Waals surface area contributed by atoms with E-state index in [-0.39, 0.29) is 11.8 Å². The maximum Gasteiger partial charge on any atom is 0.280 e. The van der Waals surface area contributed by atoms with E-state index in [1.54, 1.807) is 17.8 Å². The molecule has 0 unspecified atom stereocenters. The number of rotatable bonds is 2. The van der Waals surface area contributed by atoms with Gasteiger partial charge < -0.3 is 10.1 Å². The van der Waals surface area contributed by atoms with E-state index < -0.39 is 0 Å². The SMILES string of the molecule is O=C1N=C(c2nccs2)c2c(O)[nH]c(-c3nccs3)c21. The number of aliphatic imine (C=N–C) groups is 1. The van der Waals surface area contributed by atoms with Crippen LogP contribution in [0.2, 0.25) is 0 Å². The van der Waals surface area contributed by atoms with E-state index in [1.807, 2.05) is 5.38 Å². The van der Waals surface area contributed by atoms with Crippen molar-refractivity contribution in [3.8, 4) is 16.6 Å². The van der Waals surface area contributed by atoms with Crippen LogP contribution in [0.5, 0.6) is 5.88 Å². The van der Waals surface area contributed by atoms with Gasteiger partial charge in [-0.25, -0.2) is 15.0 Å². The van der Waals surface area contributed by atoms with Crippen molar-refractivity contribution in [1.29, 1.82) is 0 Å². The molecule has 1 aliphatic rings. The molecule has 0 bridgehead atoms. The topological polar surface area (TPSA) is 91.2 Å². The van der Waals surface area contributed by atoms with Gasteiger partial charge in [0, 0.05) is 23.2 Å². The third-order valence-electron chi connectivity index (χ3n) is 2.93. The first-order chi connectivity index (χ1) is 9.75. The molecule has 6 nitrogen and oxygen atoms in total. The van der Waals surface area contributed by atoms with E-state index in [9.17, 15) is 9.90 Å². The minimum Gasteiger partial charge on any atom is -0.494 e. The average molecular weight is 302 g/mol. The summed E-state index contributed by atoms with van der Waals surface area (Å²) in [5.41, 5.74) is 1.70. The van der Waals surface area contributed by atoms with Crippen molar-refractivity contribution in [1.82, 2.24) is 15.0 Å². The molecule has 4 heterocycles. The van der Waals surface area contributed by atoms with Crippen LogP contribution in [0.1, 0.15) is 20.9 Å². The van der Waals surface area contributed by atoms with Crippen LogP contribution in [-0.2, 0) is 0 Å². The number of hydrogen-bond acceptors (Lipinski definition) is 6. The van der Waals surface area contributed by atoms with Gasteiger partial charge in [0.15, 0.2) is 5.88 Å². The summed E-state index contributed by atoms with van der Waals surface area (Å²) in [7, 11) is 0. The van der Waals surface area contributed by atoms with E-state index in [4.69, 9.17) is 0 Å². The second-order valence-electron chi connectivity index (χ2n) is 4.04. The lowest BCUT2D eigenvalue weighted by molar-refractivity contribution is 0.101. The second-order valence-corrected chi connectivity index (χ2v) is 5.83. The minimum atomic E-state index is -0.382. The van der Waals surface area contributed by atoms with Crippen LogP contribution in [0.3, 0.4) is 0 Å². The molecule has 98 valence electrons. The van der Waals surface area contributed by atoms with Crippen LogP contribution in [0.25, 0.3) is 10.7 Å². The first kappa shape index (κ1) is 11.5. The lowest BCUT2D eigenvalue weighted by atomic mass is 10.1. The fourth-order valence-electron chi connectivity index (χ4n) is 2.15. The van der Waals surface area contributed by atoms with Crippen molar-refractivity contribution >= 4 is 34.3 Å². The average Bonchev–Trinajstić information content (AvgIpc) is 3.17. The first-order valence-corrected chi connectivity index (χ1v) is 7.39. The summed E-state index contributed by atoms with van der Waals surface area (Å²) in [6.07, 6.45) is 3.28. The monoisotopic (exact) mass is 302 g/mol. The number of hydrogen-bond donors (Lipinski definition) is 2. The first-order valence-electron chi connectivity index (χ1n) is 5.63. The van der Waals surface area contributed by atoms with Crippen LogP contribution in [0, 0.1) is 0 Å². The molecule has 0 aliphatic carbocycles. The van der Waals surface area contributed by atoms with Crippen molar-refractivity contribution in [2.24, 2.45) is 4.99 Å². The molecule has 1 amide bonds. The van der Waals surface area contributed by atoms with Gasteiger partial charge in [-0.2, -0.15) is 0 Å². The fourth-order valence-corrected chi connectivity index (χ4v) is 3.42. The number of carbonyl (C=O) groups is 1. The predicted molar refractivity (Wildman–Crippen MR) is 75.6 cm³/mol. The molecule has 0 fully saturated rings. The molecule has 20 heavy (non-hydrogen) atoms. The van der Waals surface area contributed by atoms with Crippen molar-refractivity contribution in [3.63, 3.8) is 0 Å². The Morgan fingerprint density at radius 2 is 1.75 bits per heavy atom. The van der Waals surface area contributed by atoms with Gasteiger partial charge in [0.25, 0.3) is 5.91 Å². The Hall–Kier alpha value is -2.32. The highest BCUT2D eigenvalue weighted by Gasteiger charge is 2.35. The molecule has 3 aromatic heterocycles. The highest BCUT2D eigenvalue weighted by molar-refractivity contribution is 7.13. The molecular weight excluding hydrogens is 296 g/mol. The molecule has 0 spiro atoms. The Labute approximate surface area is 120 Å². The van der Waals surface area contributed by atoms with Gasteiger partial charge >= 0.3 is 0 Å². The summed E-state index contributed by atoms with van der Waals surface area (Å²) in [6.45, 7) is 0. The van der Waals surface area contributed by atoms with Crippen molar-refractivity contribution < 1.29 is 9.90 Å². The van der Waals surface area contributed by atoms with Gasteiger partial charge in [0.2, 0.25) is 0 Å². The Morgan fingerprint density at radius 3 is 2.40 bits per heavy atom. The number of aromatic hydroxyl groups is 1. The lowest BCUT2D eigenvalue weighted by Crippen LogP contribution is -1.98. The number of H-pyrrole nitrogens is 1. The number of fused-ring (bicyclic) bond motifs is 1. The summed E-state index contributed by atoms with van der Waals surface area (Å²) < 4.78 is 0. The zero-order chi connectivity index (χ0) is 13.7. The minimum absolute atomic E-state index is 0.0787. The zero-order valence-electron chi connectivity index (χ0n) is 9.82. The number of thiazole rings is 2. The number of nitrogens with zero attached hydrogens (tertiary/aromatic N) is 3. The second kappa shape index (κ2) is 4.09. The molecule has 0 saturated heterocycles. The number of aromatic amines is 1. The number of nitrogens with one attached hydrogen (secondary N) is 1. The van der Waals surface area contributed by atoms with Crippen LogP contribution in [-0.4, -0.2) is 31.7 Å². The van der Waals surface area contributed by atoms with Gasteiger partial charge in [-0.15, -0.1) is 22.7 Å². The fraction of sp³-hybridized carbons (Fsp3) is 0. The molecule has 3 aromatic rings. The molecule has 0 aromatic carbocycles. The number of amides is 1. The molecule has 0 atom stereocenters. The van der Waals surface area contributed by atoms with Crippen LogP contribution < -0.4 is 0 Å². The van der Waals surface area contributed by atoms with Crippen LogP contribution in [0.4, 0.5) is 0 Å². The maximum atomic E-state index is 12.1. The summed E-state index contributed by atoms with van der Waals surface area (Å²) >= 11 is 2.76. The molecule has 0 radical (unpaired) electrons. The van der Waals surface area contributed by atoms with Gasteiger partial charge in [-0.3, -0.25) is 4.79 Å². The Kier molecular flexibility index (Phi) is 2.35. The summed E-state index contributed by atoms with van der Waals surface area (Å²) in [4.78, 5) is 27.3. The third-order valence-corrected chi connectivity index (χ3v) is 4.50. The molecular formula is C12H6N4O2S2. The summed E-state index contributed by atoms with van der Waals surface area (Å²) in [6, 6.07) is 0. The standard InChI is InChI=1S/C12H6N4O2S2/c17-9-5-6(8(16-9)12-14-2-4-20-12)10(18)15-7(5)11-13-1-3-19-11/h1-4,15,18H. The van der Waals surface area contributed by atoms with Gasteiger partial charge in [-0.05, 0) is 0 Å². The van der Waals surface area contributed by atoms with Crippen LogP contribution in [0.15, 0.2) is 28.1 Å². The van der Waals surface area contributed by atoms with Crippen molar-refractivity contribution in [2.75, 3.05) is 0 Å².